The molecule has 15 heavy (non-hydrogen) atoms. The Labute approximate surface area is 110 Å². The molecule has 0 radical (unpaired) electrons. The van der Waals surface area contributed by atoms with Gasteiger partial charge < -0.3 is 4.42 Å². The van der Waals surface area contributed by atoms with Crippen LogP contribution >= 0.6 is 43.2 Å². The second-order valence-electron chi connectivity index (χ2n) is 3.42. The molecule has 0 bridgehead atoms. The summed E-state index contributed by atoms with van der Waals surface area (Å²) in [6.07, 6.45) is 0. The Morgan fingerprint density at radius 2 is 2.07 bits per heavy atom. The van der Waals surface area contributed by atoms with Crippen molar-refractivity contribution < 1.29 is 4.42 Å². The number of hydrogen-bond donors (Lipinski definition) is 0. The van der Waals surface area contributed by atoms with E-state index in [4.69, 9.17) is 4.42 Å². The van der Waals surface area contributed by atoms with Gasteiger partial charge >= 0.3 is 0 Å². The normalized spacial score (nSPS) is 13.1. The minimum Gasteiger partial charge on any atom is -0.465 e. The van der Waals surface area contributed by atoms with Crippen LogP contribution in [-0.4, -0.2) is 0 Å². The number of aryl methyl sites for hydroxylation is 2. The molecule has 2 heterocycles. The summed E-state index contributed by atoms with van der Waals surface area (Å²) in [5.41, 5.74) is 1.27. The zero-order valence-corrected chi connectivity index (χ0v) is 12.4. The van der Waals surface area contributed by atoms with Crippen LogP contribution in [0, 0.1) is 13.8 Å². The van der Waals surface area contributed by atoms with Crippen LogP contribution < -0.4 is 0 Å². The lowest BCUT2D eigenvalue weighted by Gasteiger charge is -2.02. The van der Waals surface area contributed by atoms with Gasteiger partial charge in [0.2, 0.25) is 0 Å². The minimum atomic E-state index is 0.154. The second kappa shape index (κ2) is 4.44. The maximum Gasteiger partial charge on any atom is 0.123 e. The Morgan fingerprint density at radius 3 is 2.53 bits per heavy atom. The summed E-state index contributed by atoms with van der Waals surface area (Å²) < 4.78 is 6.78. The van der Waals surface area contributed by atoms with Gasteiger partial charge in [-0.1, -0.05) is 15.9 Å². The van der Waals surface area contributed by atoms with E-state index in [9.17, 15) is 0 Å². The molecule has 0 spiro atoms. The summed E-state index contributed by atoms with van der Waals surface area (Å²) in [6.45, 7) is 4.05. The highest BCUT2D eigenvalue weighted by molar-refractivity contribution is 9.11. The summed E-state index contributed by atoms with van der Waals surface area (Å²) in [5.74, 6) is 1.91. The third-order valence-electron chi connectivity index (χ3n) is 2.14. The van der Waals surface area contributed by atoms with Crippen LogP contribution in [0.4, 0.5) is 0 Å². The SMILES string of the molecule is Cc1ccc(C(Br)c2cc(C)c(Br)s2)o1. The molecule has 1 unspecified atom stereocenters. The van der Waals surface area contributed by atoms with Gasteiger partial charge in [-0.2, -0.15) is 0 Å². The molecule has 1 atom stereocenters. The molecule has 0 aromatic carbocycles. The lowest BCUT2D eigenvalue weighted by atomic mass is 10.2. The van der Waals surface area contributed by atoms with E-state index in [1.165, 1.54) is 14.2 Å². The highest BCUT2D eigenvalue weighted by Crippen LogP contribution is 2.39. The number of furan rings is 1. The van der Waals surface area contributed by atoms with Gasteiger partial charge in [0, 0.05) is 4.88 Å². The molecular formula is C11H10Br2OS. The average Bonchev–Trinajstić information content (AvgIpc) is 2.74. The highest BCUT2D eigenvalue weighted by Gasteiger charge is 2.17. The van der Waals surface area contributed by atoms with E-state index in [2.05, 4.69) is 44.8 Å². The molecule has 2 aromatic rings. The van der Waals surface area contributed by atoms with Crippen LogP contribution in [-0.2, 0) is 0 Å². The van der Waals surface area contributed by atoms with Gasteiger partial charge in [0.05, 0.1) is 3.79 Å². The quantitative estimate of drug-likeness (QED) is 0.678. The Hall–Kier alpha value is -0.0600. The van der Waals surface area contributed by atoms with Gasteiger partial charge in [0.25, 0.3) is 0 Å². The van der Waals surface area contributed by atoms with Gasteiger partial charge in [0.1, 0.15) is 16.3 Å². The molecule has 0 aliphatic heterocycles. The van der Waals surface area contributed by atoms with Crippen LogP contribution in [0.2, 0.25) is 0 Å². The summed E-state index contributed by atoms with van der Waals surface area (Å²) in [7, 11) is 0. The van der Waals surface area contributed by atoms with Crippen molar-refractivity contribution in [3.63, 3.8) is 0 Å². The third-order valence-corrected chi connectivity index (χ3v) is 5.59. The summed E-state index contributed by atoms with van der Waals surface area (Å²) in [5, 5.41) is 0. The molecule has 0 N–H and O–H groups in total. The van der Waals surface area contributed by atoms with E-state index in [1.807, 2.05) is 19.1 Å². The zero-order chi connectivity index (χ0) is 11.0. The maximum absolute atomic E-state index is 5.59. The van der Waals surface area contributed by atoms with Gasteiger partial charge in [-0.15, -0.1) is 11.3 Å². The molecule has 80 valence electrons. The van der Waals surface area contributed by atoms with E-state index < -0.39 is 0 Å². The fourth-order valence-electron chi connectivity index (χ4n) is 1.34. The number of hydrogen-bond acceptors (Lipinski definition) is 2. The molecular weight excluding hydrogens is 340 g/mol. The average molecular weight is 350 g/mol. The fourth-order valence-corrected chi connectivity index (χ4v) is 3.55. The summed E-state index contributed by atoms with van der Waals surface area (Å²) >= 11 is 8.92. The first-order valence-corrected chi connectivity index (χ1v) is 7.06. The van der Waals surface area contributed by atoms with Gasteiger partial charge in [-0.3, -0.25) is 0 Å². The minimum absolute atomic E-state index is 0.154. The predicted molar refractivity (Wildman–Crippen MR) is 71.0 cm³/mol. The summed E-state index contributed by atoms with van der Waals surface area (Å²) in [6, 6.07) is 6.17. The molecule has 0 amide bonds. The van der Waals surface area contributed by atoms with Gasteiger partial charge in [0.15, 0.2) is 0 Å². The molecule has 1 nitrogen and oxygen atoms in total. The molecule has 0 aliphatic rings. The Balaban J connectivity index is 2.31. The van der Waals surface area contributed by atoms with Crippen molar-refractivity contribution in [1.29, 1.82) is 0 Å². The van der Waals surface area contributed by atoms with E-state index in [0.29, 0.717) is 0 Å². The van der Waals surface area contributed by atoms with Crippen molar-refractivity contribution in [2.45, 2.75) is 18.7 Å². The number of thiophene rings is 1. The standard InChI is InChI=1S/C11H10Br2OS/c1-6-5-9(15-11(6)13)10(12)8-4-3-7(2)14-8/h3-5,10H,1-2H3. The van der Waals surface area contributed by atoms with Crippen molar-refractivity contribution in [3.05, 3.63) is 43.9 Å². The molecule has 4 heteroatoms. The molecule has 0 saturated carbocycles. The lowest BCUT2D eigenvalue weighted by molar-refractivity contribution is 0.493. The first kappa shape index (κ1) is 11.4. The van der Waals surface area contributed by atoms with E-state index >= 15 is 0 Å². The number of alkyl halides is 1. The van der Waals surface area contributed by atoms with Crippen molar-refractivity contribution in [1.82, 2.24) is 0 Å². The van der Waals surface area contributed by atoms with Crippen LogP contribution in [0.5, 0.6) is 0 Å². The van der Waals surface area contributed by atoms with Gasteiger partial charge in [-0.05, 0) is 53.5 Å². The van der Waals surface area contributed by atoms with Crippen LogP contribution in [0.25, 0.3) is 0 Å². The zero-order valence-electron chi connectivity index (χ0n) is 8.38. The second-order valence-corrected chi connectivity index (χ2v) is 6.73. The Kier molecular flexibility index (Phi) is 3.38. The molecule has 2 rings (SSSR count). The highest BCUT2D eigenvalue weighted by atomic mass is 79.9. The smallest absolute Gasteiger partial charge is 0.123 e. The molecule has 2 aromatic heterocycles. The molecule has 0 saturated heterocycles. The van der Waals surface area contributed by atoms with Crippen LogP contribution in [0.15, 0.2) is 26.4 Å². The topological polar surface area (TPSA) is 13.1 Å². The predicted octanol–water partition coefficient (Wildman–Crippen LogP) is 5.20. The number of rotatable bonds is 2. The fraction of sp³-hybridized carbons (Fsp3) is 0.273. The van der Waals surface area contributed by atoms with E-state index in [1.54, 1.807) is 11.3 Å². The van der Waals surface area contributed by atoms with E-state index in [-0.39, 0.29) is 4.83 Å². The van der Waals surface area contributed by atoms with Gasteiger partial charge in [-0.25, -0.2) is 0 Å². The third kappa shape index (κ3) is 2.37. The maximum atomic E-state index is 5.59. The monoisotopic (exact) mass is 348 g/mol. The molecule has 0 fully saturated rings. The first-order chi connectivity index (χ1) is 7.08. The van der Waals surface area contributed by atoms with Crippen molar-refractivity contribution in [2.75, 3.05) is 0 Å². The lowest BCUT2D eigenvalue weighted by Crippen LogP contribution is -1.85. The molecule has 0 aliphatic carbocycles. The van der Waals surface area contributed by atoms with Crippen molar-refractivity contribution >= 4 is 43.2 Å². The largest absolute Gasteiger partial charge is 0.465 e. The van der Waals surface area contributed by atoms with Crippen molar-refractivity contribution in [2.24, 2.45) is 0 Å². The first-order valence-electron chi connectivity index (χ1n) is 4.54. The Bertz CT molecular complexity index is 453. The van der Waals surface area contributed by atoms with Crippen LogP contribution in [0.1, 0.15) is 26.8 Å². The van der Waals surface area contributed by atoms with E-state index in [0.717, 1.165) is 11.5 Å². The Morgan fingerprint density at radius 1 is 1.33 bits per heavy atom. The van der Waals surface area contributed by atoms with Crippen molar-refractivity contribution in [3.8, 4) is 0 Å². The summed E-state index contributed by atoms with van der Waals surface area (Å²) in [4.78, 5) is 1.41. The number of halogens is 2. The van der Waals surface area contributed by atoms with Crippen LogP contribution in [0.3, 0.4) is 0 Å².